The highest BCUT2D eigenvalue weighted by atomic mass is 35.5. The Morgan fingerprint density at radius 1 is 1.23 bits per heavy atom. The van der Waals surface area contributed by atoms with Crippen LogP contribution < -0.4 is 16.0 Å². The van der Waals surface area contributed by atoms with Gasteiger partial charge in [0.25, 0.3) is 5.56 Å². The largest absolute Gasteiger partial charge is 0.489 e. The Morgan fingerprint density at radius 2 is 1.90 bits per heavy atom. The zero-order valence-electron chi connectivity index (χ0n) is 17.9. The molecule has 8 heteroatoms. The van der Waals surface area contributed by atoms with Crippen LogP contribution >= 0.6 is 11.6 Å². The molecule has 0 bridgehead atoms. The van der Waals surface area contributed by atoms with Crippen LogP contribution in [0, 0.1) is 11.3 Å². The Labute approximate surface area is 188 Å². The van der Waals surface area contributed by atoms with Crippen molar-refractivity contribution in [3.63, 3.8) is 0 Å². The van der Waals surface area contributed by atoms with E-state index in [-0.39, 0.29) is 34.6 Å². The first-order valence-corrected chi connectivity index (χ1v) is 13.4. The molecule has 2 heterocycles. The molecular weight excluding hydrogens is 436 g/mol. The molecule has 1 saturated heterocycles. The number of ether oxygens (including phenoxy) is 1. The number of hydrogen-bond donors (Lipinski definition) is 2. The summed E-state index contributed by atoms with van der Waals surface area (Å²) >= 11 is 6.42. The molecule has 2 aromatic rings. The smallest absolute Gasteiger partial charge is 0.255 e. The van der Waals surface area contributed by atoms with Crippen LogP contribution in [0.25, 0.3) is 10.8 Å². The van der Waals surface area contributed by atoms with Crippen LogP contribution in [-0.4, -0.2) is 37.1 Å². The van der Waals surface area contributed by atoms with E-state index in [1.165, 1.54) is 0 Å². The molecule has 1 atom stereocenters. The average Bonchev–Trinajstić information content (AvgIpc) is 2.75. The van der Waals surface area contributed by atoms with Gasteiger partial charge in [-0.05, 0) is 79.9 Å². The van der Waals surface area contributed by atoms with Gasteiger partial charge < -0.3 is 15.5 Å². The number of nitrogens with one attached hydrogen (secondary N) is 1. The lowest BCUT2D eigenvalue weighted by molar-refractivity contribution is 0.00958. The molecule has 1 aromatic heterocycles. The fourth-order valence-electron chi connectivity index (χ4n) is 5.66. The van der Waals surface area contributed by atoms with E-state index in [2.05, 4.69) is 11.9 Å². The Balaban J connectivity index is 1.49. The van der Waals surface area contributed by atoms with Crippen molar-refractivity contribution in [3.05, 3.63) is 39.8 Å². The summed E-state index contributed by atoms with van der Waals surface area (Å²) in [5.74, 6) is 1.51. The number of nitrogens with two attached hydrogens (primary N) is 1. The molecule has 0 amide bonds. The molecular formula is C23H31ClN2O4S. The van der Waals surface area contributed by atoms with Crippen LogP contribution in [0.3, 0.4) is 0 Å². The second kappa shape index (κ2) is 8.75. The number of aromatic nitrogens is 1. The monoisotopic (exact) mass is 466 g/mol. The zero-order chi connectivity index (χ0) is 22.2. The Hall–Kier alpha value is -1.57. The number of rotatable bonds is 5. The molecule has 170 valence electrons. The molecule has 1 saturated carbocycles. The van der Waals surface area contributed by atoms with Gasteiger partial charge in [-0.1, -0.05) is 18.5 Å². The van der Waals surface area contributed by atoms with Crippen molar-refractivity contribution in [3.8, 4) is 5.75 Å². The number of pyridine rings is 1. The van der Waals surface area contributed by atoms with E-state index in [0.29, 0.717) is 34.9 Å². The van der Waals surface area contributed by atoms with E-state index in [4.69, 9.17) is 22.1 Å². The number of hydrogen-bond acceptors (Lipinski definition) is 5. The molecule has 6 nitrogen and oxygen atoms in total. The van der Waals surface area contributed by atoms with Crippen LogP contribution in [-0.2, 0) is 9.84 Å². The minimum atomic E-state index is -2.90. The molecule has 0 unspecified atom stereocenters. The molecule has 1 aromatic carbocycles. The van der Waals surface area contributed by atoms with E-state index >= 15 is 0 Å². The van der Waals surface area contributed by atoms with E-state index in [0.717, 1.165) is 37.5 Å². The lowest BCUT2D eigenvalue weighted by Crippen LogP contribution is -2.51. The van der Waals surface area contributed by atoms with Crippen LogP contribution in [0.5, 0.6) is 5.75 Å². The van der Waals surface area contributed by atoms with Crippen molar-refractivity contribution in [1.82, 2.24) is 4.98 Å². The van der Waals surface area contributed by atoms with E-state index in [1.807, 2.05) is 12.1 Å². The van der Waals surface area contributed by atoms with Gasteiger partial charge in [0.15, 0.2) is 0 Å². The third-order valence-corrected chi connectivity index (χ3v) is 9.54. The Kier molecular flexibility index (Phi) is 6.39. The van der Waals surface area contributed by atoms with Crippen molar-refractivity contribution in [2.24, 2.45) is 17.1 Å². The highest BCUT2D eigenvalue weighted by molar-refractivity contribution is 7.91. The molecule has 4 rings (SSSR count). The first kappa shape index (κ1) is 22.6. The number of H-pyrrole nitrogens is 1. The SMILES string of the molecule is CC[C@@H](N)C1(C2CCS(=O)(=O)CC2)CCC(Oc2cc3cc[nH]c(=O)c3cc2Cl)CC1. The van der Waals surface area contributed by atoms with Gasteiger partial charge in [-0.15, -0.1) is 0 Å². The average molecular weight is 467 g/mol. The number of halogens is 1. The minimum Gasteiger partial charge on any atom is -0.489 e. The van der Waals surface area contributed by atoms with Gasteiger partial charge in [0, 0.05) is 17.6 Å². The predicted molar refractivity (Wildman–Crippen MR) is 125 cm³/mol. The highest BCUT2D eigenvalue weighted by Crippen LogP contribution is 2.50. The summed E-state index contributed by atoms with van der Waals surface area (Å²) in [6, 6.07) is 5.39. The van der Waals surface area contributed by atoms with Crippen molar-refractivity contribution in [2.45, 2.75) is 64.0 Å². The third kappa shape index (κ3) is 4.50. The fraction of sp³-hybridized carbons (Fsp3) is 0.609. The van der Waals surface area contributed by atoms with Gasteiger partial charge in [-0.3, -0.25) is 4.79 Å². The summed E-state index contributed by atoms with van der Waals surface area (Å²) in [5.41, 5.74) is 6.44. The number of sulfone groups is 1. The summed E-state index contributed by atoms with van der Waals surface area (Å²) in [7, 11) is -2.90. The Bertz CT molecular complexity index is 1090. The minimum absolute atomic E-state index is 0.0228. The van der Waals surface area contributed by atoms with E-state index in [1.54, 1.807) is 12.3 Å². The molecule has 31 heavy (non-hydrogen) atoms. The van der Waals surface area contributed by atoms with Crippen LogP contribution in [0.15, 0.2) is 29.2 Å². The van der Waals surface area contributed by atoms with Gasteiger partial charge in [-0.25, -0.2) is 8.42 Å². The normalized spacial score (nSPS) is 27.8. The molecule has 0 spiro atoms. The number of aromatic amines is 1. The summed E-state index contributed by atoms with van der Waals surface area (Å²) in [5, 5.41) is 1.78. The van der Waals surface area contributed by atoms with Crippen molar-refractivity contribution < 1.29 is 13.2 Å². The maximum atomic E-state index is 12.0. The van der Waals surface area contributed by atoms with Crippen molar-refractivity contribution >= 4 is 32.2 Å². The summed E-state index contributed by atoms with van der Waals surface area (Å²) in [4.78, 5) is 14.6. The molecule has 1 aliphatic heterocycles. The third-order valence-electron chi connectivity index (χ3n) is 7.53. The lowest BCUT2D eigenvalue weighted by Gasteiger charge is -2.50. The predicted octanol–water partition coefficient (Wildman–Crippen LogP) is 4.05. The van der Waals surface area contributed by atoms with Crippen LogP contribution in [0.1, 0.15) is 51.9 Å². The second-order valence-electron chi connectivity index (χ2n) is 9.17. The van der Waals surface area contributed by atoms with Gasteiger partial charge in [0.1, 0.15) is 15.6 Å². The first-order chi connectivity index (χ1) is 14.7. The zero-order valence-corrected chi connectivity index (χ0v) is 19.5. The van der Waals surface area contributed by atoms with Crippen molar-refractivity contribution in [2.75, 3.05) is 11.5 Å². The van der Waals surface area contributed by atoms with Gasteiger partial charge in [0.2, 0.25) is 0 Å². The van der Waals surface area contributed by atoms with Gasteiger partial charge in [-0.2, -0.15) is 0 Å². The van der Waals surface area contributed by atoms with Crippen molar-refractivity contribution in [1.29, 1.82) is 0 Å². The molecule has 2 fully saturated rings. The van der Waals surface area contributed by atoms with E-state index < -0.39 is 9.84 Å². The quantitative estimate of drug-likeness (QED) is 0.691. The fourth-order valence-corrected chi connectivity index (χ4v) is 7.36. The molecule has 2 aliphatic rings. The summed E-state index contributed by atoms with van der Waals surface area (Å²) in [6.45, 7) is 2.12. The lowest BCUT2D eigenvalue weighted by atomic mass is 9.59. The second-order valence-corrected chi connectivity index (χ2v) is 11.9. The maximum absolute atomic E-state index is 12.0. The van der Waals surface area contributed by atoms with E-state index in [9.17, 15) is 13.2 Å². The Morgan fingerprint density at radius 3 is 2.55 bits per heavy atom. The molecule has 1 aliphatic carbocycles. The van der Waals surface area contributed by atoms with Gasteiger partial charge in [0.05, 0.1) is 22.6 Å². The molecule has 0 radical (unpaired) electrons. The highest BCUT2D eigenvalue weighted by Gasteiger charge is 2.47. The maximum Gasteiger partial charge on any atom is 0.255 e. The summed E-state index contributed by atoms with van der Waals surface area (Å²) in [6.07, 6.45) is 7.56. The van der Waals surface area contributed by atoms with Crippen LogP contribution in [0.4, 0.5) is 0 Å². The van der Waals surface area contributed by atoms with Crippen LogP contribution in [0.2, 0.25) is 5.02 Å². The topological polar surface area (TPSA) is 102 Å². The summed E-state index contributed by atoms with van der Waals surface area (Å²) < 4.78 is 30.2. The number of benzene rings is 1. The number of fused-ring (bicyclic) bond motifs is 1. The van der Waals surface area contributed by atoms with Gasteiger partial charge >= 0.3 is 0 Å². The molecule has 3 N–H and O–H groups in total. The first-order valence-electron chi connectivity index (χ1n) is 11.2. The standard InChI is InChI=1S/C23H31ClN2O4S/c1-2-21(25)23(16-6-11-31(28,29)12-7-16)8-3-17(4-9-23)30-20-13-15-5-10-26-22(27)18(15)14-19(20)24/h5,10,13-14,16-17,21H,2-4,6-9,11-12,25H2,1H3,(H,26,27)/t17?,21-,23?/m1/s1.